The topological polar surface area (TPSA) is 125 Å². The lowest BCUT2D eigenvalue weighted by molar-refractivity contribution is 0.0690. The number of aromatic nitrogens is 1. The Balaban J connectivity index is 2.60. The highest BCUT2D eigenvalue weighted by atomic mass is 32.2. The average Bonchev–Trinajstić information content (AvgIpc) is 2.38. The van der Waals surface area contributed by atoms with E-state index >= 15 is 0 Å². The third-order valence-corrected chi connectivity index (χ3v) is 3.69. The highest BCUT2D eigenvalue weighted by Crippen LogP contribution is 1.99. The number of hydrogen-bond donors (Lipinski definition) is 3. The van der Waals surface area contributed by atoms with Crippen molar-refractivity contribution in [1.29, 1.82) is 0 Å². The molecular formula is C11H15N3O5S. The van der Waals surface area contributed by atoms with Gasteiger partial charge < -0.3 is 10.4 Å². The summed E-state index contributed by atoms with van der Waals surface area (Å²) >= 11 is 0. The Labute approximate surface area is 116 Å². The molecule has 0 aliphatic carbocycles. The van der Waals surface area contributed by atoms with Crippen LogP contribution in [0.15, 0.2) is 18.2 Å². The van der Waals surface area contributed by atoms with E-state index in [0.717, 1.165) is 0 Å². The quantitative estimate of drug-likeness (QED) is 0.620. The maximum Gasteiger partial charge on any atom is 0.354 e. The molecule has 20 heavy (non-hydrogen) atoms. The molecule has 1 amide bonds. The number of hydrogen-bond acceptors (Lipinski definition) is 5. The lowest BCUT2D eigenvalue weighted by Gasteiger charge is -2.06. The van der Waals surface area contributed by atoms with E-state index in [1.54, 1.807) is 6.92 Å². The normalized spacial score (nSPS) is 11.1. The first-order chi connectivity index (χ1) is 9.35. The minimum Gasteiger partial charge on any atom is -0.477 e. The second-order valence-electron chi connectivity index (χ2n) is 3.79. The lowest BCUT2D eigenvalue weighted by Crippen LogP contribution is -2.34. The van der Waals surface area contributed by atoms with Crippen molar-refractivity contribution in [2.75, 3.05) is 18.8 Å². The number of carboxylic acids is 1. The molecule has 0 aliphatic rings. The van der Waals surface area contributed by atoms with Gasteiger partial charge in [-0.05, 0) is 12.1 Å². The molecule has 1 aromatic heterocycles. The lowest BCUT2D eigenvalue weighted by atomic mass is 10.3. The molecule has 0 fully saturated rings. The molecule has 0 spiro atoms. The molecule has 1 heterocycles. The van der Waals surface area contributed by atoms with Gasteiger partial charge in [-0.1, -0.05) is 13.0 Å². The van der Waals surface area contributed by atoms with Crippen LogP contribution in [0.25, 0.3) is 0 Å². The summed E-state index contributed by atoms with van der Waals surface area (Å²) in [5.41, 5.74) is -0.330. The molecule has 0 atom stereocenters. The highest BCUT2D eigenvalue weighted by molar-refractivity contribution is 7.89. The van der Waals surface area contributed by atoms with Gasteiger partial charge in [-0.2, -0.15) is 0 Å². The molecule has 0 bridgehead atoms. The summed E-state index contributed by atoms with van der Waals surface area (Å²) in [6, 6.07) is 4.00. The summed E-state index contributed by atoms with van der Waals surface area (Å²) in [7, 11) is -3.41. The second-order valence-corrected chi connectivity index (χ2v) is 5.71. The Bertz CT molecular complexity index is 600. The van der Waals surface area contributed by atoms with Crippen molar-refractivity contribution in [2.24, 2.45) is 0 Å². The standard InChI is InChI=1S/C11H15N3O5S/c1-2-13-20(18,19)7-6-12-10(15)8-4-3-5-9(14-8)11(16)17/h3-5,13H,2,6-7H2,1H3,(H,12,15)(H,16,17). The molecule has 0 aromatic carbocycles. The van der Waals surface area contributed by atoms with Crippen molar-refractivity contribution in [2.45, 2.75) is 6.92 Å². The number of amides is 1. The minimum absolute atomic E-state index is 0.0780. The number of rotatable bonds is 7. The van der Waals surface area contributed by atoms with Crippen LogP contribution in [0.4, 0.5) is 0 Å². The van der Waals surface area contributed by atoms with Crippen LogP contribution in [0.1, 0.15) is 27.9 Å². The minimum atomic E-state index is -3.41. The zero-order valence-corrected chi connectivity index (χ0v) is 11.6. The third kappa shape index (κ3) is 4.94. The smallest absolute Gasteiger partial charge is 0.354 e. The number of sulfonamides is 1. The zero-order chi connectivity index (χ0) is 15.2. The van der Waals surface area contributed by atoms with E-state index in [-0.39, 0.29) is 30.2 Å². The first-order valence-corrected chi connectivity index (χ1v) is 7.47. The van der Waals surface area contributed by atoms with Gasteiger partial charge in [-0.25, -0.2) is 22.9 Å². The Hall–Kier alpha value is -2.00. The Morgan fingerprint density at radius 1 is 1.30 bits per heavy atom. The van der Waals surface area contributed by atoms with Crippen LogP contribution in [0.2, 0.25) is 0 Å². The van der Waals surface area contributed by atoms with Crippen molar-refractivity contribution in [3.05, 3.63) is 29.6 Å². The molecule has 1 aromatic rings. The van der Waals surface area contributed by atoms with Gasteiger partial charge in [-0.3, -0.25) is 4.79 Å². The maximum atomic E-state index is 11.7. The summed E-state index contributed by atoms with van der Waals surface area (Å²) in [5.74, 6) is -2.13. The fourth-order valence-electron chi connectivity index (χ4n) is 1.36. The largest absolute Gasteiger partial charge is 0.477 e. The Kier molecular flexibility index (Phi) is 5.59. The van der Waals surface area contributed by atoms with E-state index < -0.39 is 21.9 Å². The third-order valence-electron chi connectivity index (χ3n) is 2.22. The van der Waals surface area contributed by atoms with Gasteiger partial charge in [0.25, 0.3) is 5.91 Å². The van der Waals surface area contributed by atoms with Gasteiger partial charge in [0.2, 0.25) is 10.0 Å². The molecule has 0 saturated carbocycles. The van der Waals surface area contributed by atoms with Crippen LogP contribution in [0, 0.1) is 0 Å². The predicted molar refractivity (Wildman–Crippen MR) is 71.0 cm³/mol. The first-order valence-electron chi connectivity index (χ1n) is 5.81. The van der Waals surface area contributed by atoms with Gasteiger partial charge in [-0.15, -0.1) is 0 Å². The van der Waals surface area contributed by atoms with Crippen molar-refractivity contribution in [3.8, 4) is 0 Å². The van der Waals surface area contributed by atoms with Gasteiger partial charge >= 0.3 is 5.97 Å². The van der Waals surface area contributed by atoms with Crippen molar-refractivity contribution >= 4 is 21.9 Å². The predicted octanol–water partition coefficient (Wildman–Crippen LogP) is -0.551. The van der Waals surface area contributed by atoms with E-state index in [2.05, 4.69) is 15.0 Å². The van der Waals surface area contributed by atoms with Gasteiger partial charge in [0.1, 0.15) is 11.4 Å². The molecule has 110 valence electrons. The van der Waals surface area contributed by atoms with E-state index in [4.69, 9.17) is 5.11 Å². The average molecular weight is 301 g/mol. The van der Waals surface area contributed by atoms with E-state index in [1.807, 2.05) is 0 Å². The number of carbonyl (C=O) groups is 2. The summed E-state index contributed by atoms with van der Waals surface area (Å²) in [6.45, 7) is 1.84. The SMILES string of the molecule is CCNS(=O)(=O)CCNC(=O)c1cccc(C(=O)O)n1. The Morgan fingerprint density at radius 3 is 2.55 bits per heavy atom. The number of carboxylic acid groups (broad SMARTS) is 1. The summed E-state index contributed by atoms with van der Waals surface area (Å²) in [5, 5.41) is 11.1. The van der Waals surface area contributed by atoms with Gasteiger partial charge in [0.05, 0.1) is 5.75 Å². The monoisotopic (exact) mass is 301 g/mol. The van der Waals surface area contributed by atoms with Gasteiger partial charge in [0.15, 0.2) is 0 Å². The molecule has 1 rings (SSSR count). The fraction of sp³-hybridized carbons (Fsp3) is 0.364. The Morgan fingerprint density at radius 2 is 1.95 bits per heavy atom. The summed E-state index contributed by atoms with van der Waals surface area (Å²) in [4.78, 5) is 26.0. The molecule has 0 unspecified atom stereocenters. The summed E-state index contributed by atoms with van der Waals surface area (Å²) in [6.07, 6.45) is 0. The number of nitrogens with one attached hydrogen (secondary N) is 2. The molecule has 0 saturated heterocycles. The van der Waals surface area contributed by atoms with Crippen LogP contribution < -0.4 is 10.0 Å². The van der Waals surface area contributed by atoms with Crippen LogP contribution >= 0.6 is 0 Å². The second kappa shape index (κ2) is 6.96. The zero-order valence-electron chi connectivity index (χ0n) is 10.8. The molecule has 9 heteroatoms. The first kappa shape index (κ1) is 16.1. The number of pyridine rings is 1. The van der Waals surface area contributed by atoms with E-state index in [1.165, 1.54) is 18.2 Å². The highest BCUT2D eigenvalue weighted by Gasteiger charge is 2.13. The molecular weight excluding hydrogens is 286 g/mol. The van der Waals surface area contributed by atoms with E-state index in [9.17, 15) is 18.0 Å². The number of nitrogens with zero attached hydrogens (tertiary/aromatic N) is 1. The van der Waals surface area contributed by atoms with Crippen LogP contribution in [0.3, 0.4) is 0 Å². The van der Waals surface area contributed by atoms with Crippen molar-refractivity contribution in [3.63, 3.8) is 0 Å². The van der Waals surface area contributed by atoms with Crippen LogP contribution in [-0.4, -0.2) is 49.2 Å². The fourth-order valence-corrected chi connectivity index (χ4v) is 2.32. The summed E-state index contributed by atoms with van der Waals surface area (Å²) < 4.78 is 25.0. The molecule has 0 radical (unpaired) electrons. The molecule has 8 nitrogen and oxygen atoms in total. The van der Waals surface area contributed by atoms with Crippen LogP contribution in [0.5, 0.6) is 0 Å². The number of aromatic carboxylic acids is 1. The van der Waals surface area contributed by atoms with Crippen molar-refractivity contribution < 1.29 is 23.1 Å². The number of carbonyl (C=O) groups excluding carboxylic acids is 1. The van der Waals surface area contributed by atoms with Crippen molar-refractivity contribution in [1.82, 2.24) is 15.0 Å². The van der Waals surface area contributed by atoms with Crippen LogP contribution in [-0.2, 0) is 10.0 Å². The molecule has 0 aliphatic heterocycles. The van der Waals surface area contributed by atoms with Gasteiger partial charge in [0, 0.05) is 13.1 Å². The molecule has 3 N–H and O–H groups in total. The maximum absolute atomic E-state index is 11.7. The van der Waals surface area contributed by atoms with E-state index in [0.29, 0.717) is 0 Å².